The van der Waals surface area contributed by atoms with Gasteiger partial charge in [0.1, 0.15) is 0 Å². The Balaban J connectivity index is 2.05. The average molecular weight is 307 g/mol. The fraction of sp³-hybridized carbons (Fsp3) is 0.857. The largest absolute Gasteiger partial charge is 0.481 e. The normalized spacial score (nSPS) is 28.5. The summed E-state index contributed by atoms with van der Waals surface area (Å²) >= 11 is 0. The first-order valence-corrected chi connectivity index (χ1v) is 7.34. The third kappa shape index (κ3) is 3.68. The third-order valence-corrected chi connectivity index (χ3v) is 4.71. The Labute approximate surface area is 121 Å². The molecule has 2 aliphatic rings. The van der Waals surface area contributed by atoms with E-state index in [0.717, 1.165) is 6.42 Å². The number of halogens is 3. The van der Waals surface area contributed by atoms with Crippen molar-refractivity contribution in [2.45, 2.75) is 63.1 Å². The molecule has 0 aromatic rings. The van der Waals surface area contributed by atoms with Crippen LogP contribution in [0.4, 0.5) is 13.2 Å². The lowest BCUT2D eigenvalue weighted by Gasteiger charge is -2.43. The standard InChI is InChI=1S/C14H20F3NO3/c15-14(16,17)10-5-2-1-4-9(10)12(21)18-13(6-3-7-13)8-11(19)20/h9-10H,1-8H2,(H,18,21)(H,19,20). The summed E-state index contributed by atoms with van der Waals surface area (Å²) in [6, 6.07) is 0. The molecule has 2 unspecified atom stereocenters. The number of hydrogen-bond acceptors (Lipinski definition) is 2. The number of alkyl halides is 3. The zero-order valence-corrected chi connectivity index (χ0v) is 11.7. The second-order valence-corrected chi connectivity index (χ2v) is 6.23. The number of carbonyl (C=O) groups excluding carboxylic acids is 1. The highest BCUT2D eigenvalue weighted by Gasteiger charge is 2.50. The van der Waals surface area contributed by atoms with Crippen molar-refractivity contribution in [2.75, 3.05) is 0 Å². The van der Waals surface area contributed by atoms with Crippen molar-refractivity contribution in [2.24, 2.45) is 11.8 Å². The van der Waals surface area contributed by atoms with Gasteiger partial charge in [-0.15, -0.1) is 0 Å². The first kappa shape index (κ1) is 16.1. The quantitative estimate of drug-likeness (QED) is 0.839. The molecule has 0 aliphatic heterocycles. The van der Waals surface area contributed by atoms with Crippen molar-refractivity contribution in [3.63, 3.8) is 0 Å². The van der Waals surface area contributed by atoms with Gasteiger partial charge in [0.05, 0.1) is 17.9 Å². The SMILES string of the molecule is O=C(O)CC1(NC(=O)C2CCCCC2C(F)(F)F)CCC1. The van der Waals surface area contributed by atoms with Crippen LogP contribution in [0.3, 0.4) is 0 Å². The second kappa shape index (κ2) is 5.85. The van der Waals surface area contributed by atoms with E-state index in [2.05, 4.69) is 5.32 Å². The molecule has 0 saturated heterocycles. The lowest BCUT2D eigenvalue weighted by atomic mass is 9.72. The van der Waals surface area contributed by atoms with Crippen LogP contribution in [0.2, 0.25) is 0 Å². The first-order valence-electron chi connectivity index (χ1n) is 7.34. The smallest absolute Gasteiger partial charge is 0.392 e. The molecule has 7 heteroatoms. The molecule has 0 aromatic heterocycles. The van der Waals surface area contributed by atoms with Crippen molar-refractivity contribution in [1.29, 1.82) is 0 Å². The fourth-order valence-electron chi connectivity index (χ4n) is 3.43. The monoisotopic (exact) mass is 307 g/mol. The van der Waals surface area contributed by atoms with Gasteiger partial charge in [-0.2, -0.15) is 13.2 Å². The molecule has 2 atom stereocenters. The Morgan fingerprint density at radius 1 is 1.14 bits per heavy atom. The van der Waals surface area contributed by atoms with Crippen LogP contribution >= 0.6 is 0 Å². The van der Waals surface area contributed by atoms with Crippen LogP contribution in [-0.4, -0.2) is 28.7 Å². The summed E-state index contributed by atoms with van der Waals surface area (Å²) in [5.74, 6) is -4.35. The summed E-state index contributed by atoms with van der Waals surface area (Å²) in [6.07, 6.45) is -1.47. The van der Waals surface area contributed by atoms with E-state index in [-0.39, 0.29) is 19.3 Å². The highest BCUT2D eigenvalue weighted by Crippen LogP contribution is 2.43. The van der Waals surface area contributed by atoms with E-state index in [1.807, 2.05) is 0 Å². The molecule has 0 spiro atoms. The van der Waals surface area contributed by atoms with Crippen molar-refractivity contribution in [3.8, 4) is 0 Å². The minimum absolute atomic E-state index is 0.0203. The number of rotatable bonds is 4. The van der Waals surface area contributed by atoms with Crippen LogP contribution in [0, 0.1) is 11.8 Å². The number of hydrogen-bond donors (Lipinski definition) is 2. The number of carboxylic acids is 1. The minimum atomic E-state index is -4.37. The van der Waals surface area contributed by atoms with Gasteiger partial charge in [-0.05, 0) is 32.1 Å². The summed E-state index contributed by atoms with van der Waals surface area (Å²) in [7, 11) is 0. The van der Waals surface area contributed by atoms with E-state index >= 15 is 0 Å². The Bertz CT molecular complexity index is 418. The molecule has 0 heterocycles. The maximum absolute atomic E-state index is 13.0. The van der Waals surface area contributed by atoms with E-state index in [0.29, 0.717) is 25.7 Å². The summed E-state index contributed by atoms with van der Waals surface area (Å²) in [6.45, 7) is 0. The van der Waals surface area contributed by atoms with E-state index < -0.39 is 35.4 Å². The third-order valence-electron chi connectivity index (χ3n) is 4.71. The molecule has 2 fully saturated rings. The van der Waals surface area contributed by atoms with Gasteiger partial charge in [-0.3, -0.25) is 9.59 Å². The zero-order chi connectivity index (χ0) is 15.7. The van der Waals surface area contributed by atoms with Gasteiger partial charge in [0, 0.05) is 5.92 Å². The topological polar surface area (TPSA) is 66.4 Å². The highest BCUT2D eigenvalue weighted by molar-refractivity contribution is 5.81. The zero-order valence-electron chi connectivity index (χ0n) is 11.7. The van der Waals surface area contributed by atoms with Gasteiger partial charge in [-0.25, -0.2) is 0 Å². The van der Waals surface area contributed by atoms with Crippen LogP contribution in [0.25, 0.3) is 0 Å². The van der Waals surface area contributed by atoms with E-state index in [1.54, 1.807) is 0 Å². The summed E-state index contributed by atoms with van der Waals surface area (Å²) < 4.78 is 39.0. The molecule has 2 rings (SSSR count). The van der Waals surface area contributed by atoms with Gasteiger partial charge < -0.3 is 10.4 Å². The molecule has 0 bridgehead atoms. The van der Waals surface area contributed by atoms with Crippen LogP contribution in [0.15, 0.2) is 0 Å². The van der Waals surface area contributed by atoms with Gasteiger partial charge in [-0.1, -0.05) is 12.8 Å². The lowest BCUT2D eigenvalue weighted by Crippen LogP contribution is -2.57. The first-order chi connectivity index (χ1) is 9.73. The molecule has 2 N–H and O–H groups in total. The molecular formula is C14H20F3NO3. The second-order valence-electron chi connectivity index (χ2n) is 6.23. The van der Waals surface area contributed by atoms with E-state index in [9.17, 15) is 22.8 Å². The minimum Gasteiger partial charge on any atom is -0.481 e. The molecule has 0 aromatic carbocycles. The van der Waals surface area contributed by atoms with E-state index in [4.69, 9.17) is 5.11 Å². The molecule has 21 heavy (non-hydrogen) atoms. The Kier molecular flexibility index (Phi) is 4.49. The Hall–Kier alpha value is -1.27. The number of nitrogens with one attached hydrogen (secondary N) is 1. The Morgan fingerprint density at radius 3 is 2.24 bits per heavy atom. The summed E-state index contributed by atoms with van der Waals surface area (Å²) in [4.78, 5) is 23.1. The number of aliphatic carboxylic acids is 1. The molecule has 4 nitrogen and oxygen atoms in total. The van der Waals surface area contributed by atoms with Crippen molar-refractivity contribution in [1.82, 2.24) is 5.32 Å². The van der Waals surface area contributed by atoms with Gasteiger partial charge in [0.2, 0.25) is 5.91 Å². The van der Waals surface area contributed by atoms with Crippen molar-refractivity contribution < 1.29 is 27.9 Å². The van der Waals surface area contributed by atoms with Gasteiger partial charge in [0.15, 0.2) is 0 Å². The molecule has 0 radical (unpaired) electrons. The predicted molar refractivity (Wildman–Crippen MR) is 68.5 cm³/mol. The van der Waals surface area contributed by atoms with Crippen LogP contribution in [0.5, 0.6) is 0 Å². The number of carbonyl (C=O) groups is 2. The summed E-state index contributed by atoms with van der Waals surface area (Å²) in [5, 5.41) is 11.5. The lowest BCUT2D eigenvalue weighted by molar-refractivity contribution is -0.199. The predicted octanol–water partition coefficient (Wildman–Crippen LogP) is 2.87. The highest BCUT2D eigenvalue weighted by atomic mass is 19.4. The molecular weight excluding hydrogens is 287 g/mol. The Morgan fingerprint density at radius 2 is 1.76 bits per heavy atom. The summed E-state index contributed by atoms with van der Waals surface area (Å²) in [5.41, 5.74) is -0.837. The molecule has 120 valence electrons. The van der Waals surface area contributed by atoms with Crippen molar-refractivity contribution in [3.05, 3.63) is 0 Å². The number of carboxylic acid groups (broad SMARTS) is 1. The molecule has 2 aliphatic carbocycles. The van der Waals surface area contributed by atoms with Gasteiger partial charge in [0.25, 0.3) is 0 Å². The molecule has 2 saturated carbocycles. The average Bonchev–Trinajstić information content (AvgIpc) is 2.34. The van der Waals surface area contributed by atoms with Crippen molar-refractivity contribution >= 4 is 11.9 Å². The fourth-order valence-corrected chi connectivity index (χ4v) is 3.43. The maximum Gasteiger partial charge on any atom is 0.392 e. The molecule has 1 amide bonds. The number of amides is 1. The van der Waals surface area contributed by atoms with Crippen LogP contribution in [-0.2, 0) is 9.59 Å². The van der Waals surface area contributed by atoms with Crippen LogP contribution in [0.1, 0.15) is 51.4 Å². The van der Waals surface area contributed by atoms with Crippen LogP contribution < -0.4 is 5.32 Å². The van der Waals surface area contributed by atoms with E-state index in [1.165, 1.54) is 0 Å². The maximum atomic E-state index is 13.0. The van der Waals surface area contributed by atoms with Gasteiger partial charge >= 0.3 is 12.1 Å².